The molecule has 1 aromatic carbocycles. The minimum absolute atomic E-state index is 0.108. The number of carbonyl (C=O) groups is 1. The Morgan fingerprint density at radius 3 is 3.05 bits per heavy atom. The highest BCUT2D eigenvalue weighted by Crippen LogP contribution is 2.20. The Morgan fingerprint density at radius 1 is 1.37 bits per heavy atom. The van der Waals surface area contributed by atoms with E-state index in [2.05, 4.69) is 10.3 Å². The standard InChI is InChI=1S/C15H17N3O/c1-16-11-7-9-18(10-11)15(19)13-4-2-6-14-12(13)5-3-8-17-14/h2-6,8,11,16H,7,9-10H2,1H3. The summed E-state index contributed by atoms with van der Waals surface area (Å²) in [6.07, 6.45) is 2.77. The van der Waals surface area contributed by atoms with Gasteiger partial charge in [0.15, 0.2) is 0 Å². The van der Waals surface area contributed by atoms with Gasteiger partial charge >= 0.3 is 0 Å². The van der Waals surface area contributed by atoms with E-state index >= 15 is 0 Å². The average molecular weight is 255 g/mol. The van der Waals surface area contributed by atoms with Crippen LogP contribution in [0.15, 0.2) is 36.5 Å². The molecule has 1 saturated heterocycles. The molecule has 2 aromatic rings. The fourth-order valence-corrected chi connectivity index (χ4v) is 2.64. The first kappa shape index (κ1) is 12.1. The predicted molar refractivity (Wildman–Crippen MR) is 75.1 cm³/mol. The first-order valence-electron chi connectivity index (χ1n) is 6.60. The van der Waals surface area contributed by atoms with Gasteiger partial charge in [-0.2, -0.15) is 0 Å². The molecule has 1 fully saturated rings. The number of aromatic nitrogens is 1. The Labute approximate surface area is 112 Å². The van der Waals surface area contributed by atoms with Crippen LogP contribution in [0.25, 0.3) is 10.9 Å². The van der Waals surface area contributed by atoms with Gasteiger partial charge in [0.2, 0.25) is 0 Å². The van der Waals surface area contributed by atoms with Crippen LogP contribution in [0.2, 0.25) is 0 Å². The zero-order valence-corrected chi connectivity index (χ0v) is 11.0. The lowest BCUT2D eigenvalue weighted by atomic mass is 10.1. The maximum absolute atomic E-state index is 12.6. The second-order valence-corrected chi connectivity index (χ2v) is 4.90. The van der Waals surface area contributed by atoms with Gasteiger partial charge in [-0.25, -0.2) is 0 Å². The number of likely N-dealkylation sites (tertiary alicyclic amines) is 1. The molecule has 3 rings (SSSR count). The normalized spacial score (nSPS) is 19.0. The monoisotopic (exact) mass is 255 g/mol. The topological polar surface area (TPSA) is 45.2 Å². The summed E-state index contributed by atoms with van der Waals surface area (Å²) in [5.41, 5.74) is 1.63. The highest BCUT2D eigenvalue weighted by atomic mass is 16.2. The SMILES string of the molecule is CNC1CCN(C(=O)c2cccc3ncccc23)C1. The van der Waals surface area contributed by atoms with Crippen LogP contribution in [-0.2, 0) is 0 Å². The molecule has 0 aliphatic carbocycles. The molecule has 98 valence electrons. The molecule has 0 spiro atoms. The van der Waals surface area contributed by atoms with Crippen molar-refractivity contribution in [3.63, 3.8) is 0 Å². The van der Waals surface area contributed by atoms with Crippen molar-refractivity contribution in [2.45, 2.75) is 12.5 Å². The van der Waals surface area contributed by atoms with Gasteiger partial charge in [0.25, 0.3) is 5.91 Å². The maximum Gasteiger partial charge on any atom is 0.254 e. The molecule has 0 radical (unpaired) electrons. The van der Waals surface area contributed by atoms with Crippen LogP contribution in [-0.4, -0.2) is 42.0 Å². The number of amides is 1. The Kier molecular flexibility index (Phi) is 3.17. The van der Waals surface area contributed by atoms with Crippen molar-refractivity contribution < 1.29 is 4.79 Å². The lowest BCUT2D eigenvalue weighted by molar-refractivity contribution is 0.0791. The Hall–Kier alpha value is -1.94. The molecule has 19 heavy (non-hydrogen) atoms. The smallest absolute Gasteiger partial charge is 0.254 e. The summed E-state index contributed by atoms with van der Waals surface area (Å²) in [6, 6.07) is 9.97. The highest BCUT2D eigenvalue weighted by Gasteiger charge is 2.26. The van der Waals surface area contributed by atoms with Crippen molar-refractivity contribution in [1.82, 2.24) is 15.2 Å². The van der Waals surface area contributed by atoms with Crippen molar-refractivity contribution in [3.8, 4) is 0 Å². The minimum atomic E-state index is 0.108. The van der Waals surface area contributed by atoms with Crippen LogP contribution >= 0.6 is 0 Å². The Balaban J connectivity index is 1.94. The zero-order chi connectivity index (χ0) is 13.2. The van der Waals surface area contributed by atoms with Crippen LogP contribution in [0.5, 0.6) is 0 Å². The lowest BCUT2D eigenvalue weighted by Crippen LogP contribution is -2.33. The van der Waals surface area contributed by atoms with E-state index in [-0.39, 0.29) is 5.91 Å². The van der Waals surface area contributed by atoms with E-state index in [0.717, 1.165) is 36.0 Å². The molecular weight excluding hydrogens is 238 g/mol. The molecule has 1 amide bonds. The summed E-state index contributed by atoms with van der Waals surface area (Å²) in [5.74, 6) is 0.108. The first-order chi connectivity index (χ1) is 9.29. The van der Waals surface area contributed by atoms with Crippen molar-refractivity contribution in [1.29, 1.82) is 0 Å². The van der Waals surface area contributed by atoms with Crippen LogP contribution in [0, 0.1) is 0 Å². The third-order valence-corrected chi connectivity index (χ3v) is 3.76. The molecule has 1 aliphatic rings. The van der Waals surface area contributed by atoms with E-state index in [1.54, 1.807) is 6.20 Å². The van der Waals surface area contributed by atoms with Gasteiger partial charge in [0, 0.05) is 36.3 Å². The largest absolute Gasteiger partial charge is 0.337 e. The molecule has 1 atom stereocenters. The van der Waals surface area contributed by atoms with Crippen molar-refractivity contribution in [2.24, 2.45) is 0 Å². The van der Waals surface area contributed by atoms with E-state index in [4.69, 9.17) is 0 Å². The molecule has 4 heteroatoms. The number of pyridine rings is 1. The maximum atomic E-state index is 12.6. The molecule has 1 unspecified atom stereocenters. The van der Waals surface area contributed by atoms with E-state index in [1.165, 1.54) is 0 Å². The van der Waals surface area contributed by atoms with Gasteiger partial charge < -0.3 is 10.2 Å². The number of rotatable bonds is 2. The number of nitrogens with zero attached hydrogens (tertiary/aromatic N) is 2. The zero-order valence-electron chi connectivity index (χ0n) is 11.0. The number of likely N-dealkylation sites (N-methyl/N-ethyl adjacent to an activating group) is 1. The molecule has 0 saturated carbocycles. The molecule has 2 heterocycles. The number of hydrogen-bond donors (Lipinski definition) is 1. The minimum Gasteiger partial charge on any atom is -0.337 e. The summed E-state index contributed by atoms with van der Waals surface area (Å²) in [5, 5.41) is 4.16. The van der Waals surface area contributed by atoms with Gasteiger partial charge in [0.05, 0.1) is 5.52 Å². The summed E-state index contributed by atoms with van der Waals surface area (Å²) in [7, 11) is 1.94. The molecular formula is C15H17N3O. The molecule has 0 bridgehead atoms. The molecule has 1 aliphatic heterocycles. The fourth-order valence-electron chi connectivity index (χ4n) is 2.64. The number of nitrogens with one attached hydrogen (secondary N) is 1. The van der Waals surface area contributed by atoms with Gasteiger partial charge in [-0.1, -0.05) is 12.1 Å². The Morgan fingerprint density at radius 2 is 2.26 bits per heavy atom. The van der Waals surface area contributed by atoms with Gasteiger partial charge in [-0.15, -0.1) is 0 Å². The summed E-state index contributed by atoms with van der Waals surface area (Å²) in [6.45, 7) is 1.60. The molecule has 1 aromatic heterocycles. The highest BCUT2D eigenvalue weighted by molar-refractivity contribution is 6.06. The quantitative estimate of drug-likeness (QED) is 0.888. The third kappa shape index (κ3) is 2.19. The fraction of sp³-hybridized carbons (Fsp3) is 0.333. The predicted octanol–water partition coefficient (Wildman–Crippen LogP) is 1.67. The lowest BCUT2D eigenvalue weighted by Gasteiger charge is -2.17. The second-order valence-electron chi connectivity index (χ2n) is 4.90. The number of hydrogen-bond acceptors (Lipinski definition) is 3. The first-order valence-corrected chi connectivity index (χ1v) is 6.60. The van der Waals surface area contributed by atoms with Crippen LogP contribution in [0.4, 0.5) is 0 Å². The van der Waals surface area contributed by atoms with E-state index in [1.807, 2.05) is 42.3 Å². The Bertz CT molecular complexity index is 606. The van der Waals surface area contributed by atoms with Crippen LogP contribution in [0.3, 0.4) is 0 Å². The second kappa shape index (κ2) is 4.97. The van der Waals surface area contributed by atoms with Crippen molar-refractivity contribution in [3.05, 3.63) is 42.1 Å². The number of carbonyl (C=O) groups excluding carboxylic acids is 1. The van der Waals surface area contributed by atoms with Crippen molar-refractivity contribution in [2.75, 3.05) is 20.1 Å². The molecule has 1 N–H and O–H groups in total. The average Bonchev–Trinajstić information content (AvgIpc) is 2.95. The third-order valence-electron chi connectivity index (χ3n) is 3.76. The van der Waals surface area contributed by atoms with Gasteiger partial charge in [-0.3, -0.25) is 9.78 Å². The number of benzene rings is 1. The van der Waals surface area contributed by atoms with E-state index in [0.29, 0.717) is 6.04 Å². The molecule has 4 nitrogen and oxygen atoms in total. The number of fused-ring (bicyclic) bond motifs is 1. The van der Waals surface area contributed by atoms with E-state index < -0.39 is 0 Å². The van der Waals surface area contributed by atoms with Gasteiger partial charge in [-0.05, 0) is 31.7 Å². The van der Waals surface area contributed by atoms with Crippen molar-refractivity contribution >= 4 is 16.8 Å². The summed E-state index contributed by atoms with van der Waals surface area (Å²) >= 11 is 0. The van der Waals surface area contributed by atoms with Gasteiger partial charge in [0.1, 0.15) is 0 Å². The summed E-state index contributed by atoms with van der Waals surface area (Å²) in [4.78, 5) is 18.8. The van der Waals surface area contributed by atoms with E-state index in [9.17, 15) is 4.79 Å². The summed E-state index contributed by atoms with van der Waals surface area (Å²) < 4.78 is 0. The van der Waals surface area contributed by atoms with Crippen LogP contribution < -0.4 is 5.32 Å². The van der Waals surface area contributed by atoms with Crippen LogP contribution in [0.1, 0.15) is 16.8 Å².